The van der Waals surface area contributed by atoms with Crippen LogP contribution in [0.5, 0.6) is 0 Å². The van der Waals surface area contributed by atoms with Gasteiger partial charge in [0.2, 0.25) is 0 Å². The molecule has 1 aromatic heterocycles. The number of fused-ring (bicyclic) bond motifs is 7. The molecule has 1 aliphatic carbocycles. The van der Waals surface area contributed by atoms with Crippen molar-refractivity contribution < 1.29 is 37.0 Å². The Bertz CT molecular complexity index is 5450. The molecule has 0 spiro atoms. The highest BCUT2D eigenvalue weighted by molar-refractivity contribution is 7.33. The Morgan fingerprint density at radius 1 is 0.446 bits per heavy atom. The van der Waals surface area contributed by atoms with E-state index in [0.29, 0.717) is 18.4 Å². The third kappa shape index (κ3) is 9.85. The maximum atomic E-state index is 11.7. The molecule has 424 valence electrons. The third-order valence-corrected chi connectivity index (χ3v) is 17.3. The summed E-state index contributed by atoms with van der Waals surface area (Å²) in [5.74, 6) is 0. The summed E-state index contributed by atoms with van der Waals surface area (Å²) in [6.07, 6.45) is 0.813. The maximum Gasteiger partial charge on any atom is 0.264 e. The van der Waals surface area contributed by atoms with E-state index in [1.165, 1.54) is 0 Å². The van der Waals surface area contributed by atoms with E-state index in [4.69, 9.17) is 1.37 Å². The first-order chi connectivity index (χ1) is 50.1. The van der Waals surface area contributed by atoms with Crippen LogP contribution in [0, 0.1) is 0 Å². The minimum Gasteiger partial charge on any atom is -0.311 e. The van der Waals surface area contributed by atoms with E-state index < -0.39 is 246 Å². The number of thiophene rings is 1. The minimum atomic E-state index is -1.73. The van der Waals surface area contributed by atoms with Crippen LogP contribution in [0.2, 0.25) is 0 Å². The van der Waals surface area contributed by atoms with E-state index in [2.05, 4.69) is 0 Å². The molecule has 3 heterocycles. The fourth-order valence-corrected chi connectivity index (χ4v) is 12.2. The second kappa shape index (κ2) is 19.4. The molecule has 0 unspecified atom stereocenters. The number of nitrogens with zero attached hydrogens (tertiary/aromatic N) is 3. The van der Waals surface area contributed by atoms with Crippen LogP contribution >= 0.6 is 11.3 Å². The quantitative estimate of drug-likeness (QED) is 0.154. The molecule has 83 heavy (non-hydrogen) atoms. The summed E-state index contributed by atoms with van der Waals surface area (Å²) in [6, 6.07) is -19.7. The summed E-state index contributed by atoms with van der Waals surface area (Å²) in [4.78, 5) is 2.98. The van der Waals surface area contributed by atoms with E-state index in [1.54, 1.807) is 104 Å². The van der Waals surface area contributed by atoms with Crippen molar-refractivity contribution in [2.75, 3.05) is 14.7 Å². The highest BCUT2D eigenvalue weighted by Crippen LogP contribution is 2.55. The van der Waals surface area contributed by atoms with Crippen molar-refractivity contribution in [2.45, 2.75) is 182 Å². The largest absolute Gasteiger partial charge is 0.311 e. The summed E-state index contributed by atoms with van der Waals surface area (Å²) in [6.45, 7) is 30.8. The molecule has 2 aliphatic heterocycles. The molecule has 0 saturated heterocycles. The summed E-state index contributed by atoms with van der Waals surface area (Å²) in [5.41, 5.74) is -15.6. The normalized spacial score (nSPS) is 20.2. The van der Waals surface area contributed by atoms with Gasteiger partial charge in [0, 0.05) is 54.6 Å². The summed E-state index contributed by atoms with van der Waals surface area (Å²) < 4.78 is 277. The Hall–Kier alpha value is -6.82. The molecule has 12 rings (SSSR count). The highest BCUT2D eigenvalue weighted by atomic mass is 32.1. The molecule has 0 amide bonds. The smallest absolute Gasteiger partial charge is 0.264 e. The molecular formula is C78H88BN3S. The van der Waals surface area contributed by atoms with E-state index in [-0.39, 0.29) is 83.0 Å². The fourth-order valence-electron chi connectivity index (χ4n) is 11.0. The van der Waals surface area contributed by atoms with Crippen LogP contribution in [0.25, 0.3) is 21.2 Å². The van der Waals surface area contributed by atoms with E-state index in [0.717, 1.165) is 26.0 Å². The summed E-state index contributed by atoms with van der Waals surface area (Å²) >= 11 is 0.839. The van der Waals surface area contributed by atoms with Crippen LogP contribution in [-0.2, 0) is 37.9 Å². The lowest BCUT2D eigenvalue weighted by Crippen LogP contribution is -2.61. The van der Waals surface area contributed by atoms with Crippen molar-refractivity contribution >= 4 is 95.0 Å². The van der Waals surface area contributed by atoms with Crippen molar-refractivity contribution in [2.24, 2.45) is 0 Å². The molecular weight excluding hydrogens is 1020 g/mol. The van der Waals surface area contributed by atoms with Crippen LogP contribution < -0.4 is 30.4 Å². The molecule has 0 N–H and O–H groups in total. The van der Waals surface area contributed by atoms with Gasteiger partial charge in [0.1, 0.15) is 0 Å². The first-order valence-corrected chi connectivity index (χ1v) is 29.3. The lowest BCUT2D eigenvalue weighted by molar-refractivity contribution is 0.332. The highest BCUT2D eigenvalue weighted by Gasteiger charge is 2.49. The van der Waals surface area contributed by atoms with Gasteiger partial charge in [-0.2, -0.15) is 0 Å². The van der Waals surface area contributed by atoms with Gasteiger partial charge >= 0.3 is 0 Å². The van der Waals surface area contributed by atoms with Crippen LogP contribution in [0.1, 0.15) is 220 Å². The monoisotopic (exact) mass is 1140 g/mol. The number of benzene rings is 8. The lowest BCUT2D eigenvalue weighted by atomic mass is 9.35. The second-order valence-corrected chi connectivity index (χ2v) is 29.9. The Balaban J connectivity index is 1.53. The SMILES string of the molecule is [2H]c1c([2H])c([2H])c(-c2c([2H])c(C(C)(C)C)c([2H])c([2H])c2N2c3c([2H])c4c(c([2H])c3B3c5sc6c([2H])c([2H])c(C(C)(C)C)c([2H])c6c5N(c5c([2H])c([2H])c(C(C)(C)C)c([2H])c5[2H])c5c([2H])c(N(c6c([2H])c([2H])c(C(C)(C)C)c([2H])c6[2H])c6c([2H])c([2H])c(C(C)(C)C)c([2H])c6[2H])c([2H])c2c53)C(C)(C)CCC4(C)C)c([2H])c1[2H]. The Labute approximate surface area is 540 Å². The van der Waals surface area contributed by atoms with Crippen LogP contribution in [-0.4, -0.2) is 6.71 Å². The van der Waals surface area contributed by atoms with Crippen LogP contribution in [0.3, 0.4) is 0 Å². The fraction of sp³-hybridized carbons (Fsp3) is 0.359. The molecule has 3 aliphatic rings. The predicted molar refractivity (Wildman–Crippen MR) is 365 cm³/mol. The number of hydrogen-bond acceptors (Lipinski definition) is 4. The van der Waals surface area contributed by atoms with Crippen LogP contribution in [0.4, 0.5) is 51.2 Å². The molecule has 0 bridgehead atoms. The minimum absolute atomic E-state index is 0.0140. The molecule has 0 fully saturated rings. The molecule has 0 atom stereocenters. The molecule has 8 aromatic carbocycles. The van der Waals surface area contributed by atoms with E-state index in [9.17, 15) is 35.6 Å². The van der Waals surface area contributed by atoms with Gasteiger partial charge in [-0.3, -0.25) is 0 Å². The van der Waals surface area contributed by atoms with E-state index in [1.807, 2.05) is 27.7 Å². The first kappa shape index (κ1) is 33.0. The summed E-state index contributed by atoms with van der Waals surface area (Å²) in [5, 5.41) is -0.143. The van der Waals surface area contributed by atoms with Gasteiger partial charge in [0.05, 0.1) is 54.1 Å². The van der Waals surface area contributed by atoms with E-state index >= 15 is 0 Å². The zero-order chi connectivity index (χ0) is 82.8. The molecule has 0 saturated carbocycles. The molecule has 0 radical (unpaired) electrons. The average molecular weight is 1140 g/mol. The average Bonchev–Trinajstić information content (AvgIpc) is 1.18. The van der Waals surface area contributed by atoms with Gasteiger partial charge in [0.15, 0.2) is 0 Å². The van der Waals surface area contributed by atoms with Gasteiger partial charge in [-0.15, -0.1) is 11.3 Å². The Morgan fingerprint density at radius 2 is 0.904 bits per heavy atom. The predicted octanol–water partition coefficient (Wildman–Crippen LogP) is 21.0. The van der Waals surface area contributed by atoms with Crippen molar-refractivity contribution in [1.29, 1.82) is 0 Å². The molecule has 5 heteroatoms. The Kier molecular flexibility index (Phi) is 7.71. The molecule has 3 nitrogen and oxygen atoms in total. The number of rotatable bonds is 6. The van der Waals surface area contributed by atoms with Gasteiger partial charge in [-0.05, 0) is 185 Å². The second-order valence-electron chi connectivity index (χ2n) is 28.8. The van der Waals surface area contributed by atoms with Crippen molar-refractivity contribution in [3.63, 3.8) is 0 Å². The van der Waals surface area contributed by atoms with Gasteiger partial charge < -0.3 is 14.7 Å². The number of hydrogen-bond donors (Lipinski definition) is 0. The Morgan fingerprint density at radius 3 is 1.42 bits per heavy atom. The first-order valence-electron chi connectivity index (χ1n) is 42.0. The van der Waals surface area contributed by atoms with Crippen molar-refractivity contribution in [3.8, 4) is 11.1 Å². The number of anilines is 9. The van der Waals surface area contributed by atoms with Crippen LogP contribution in [0.15, 0.2) is 163 Å². The zero-order valence-electron chi connectivity index (χ0n) is 78.2. The third-order valence-electron chi connectivity index (χ3n) is 16.2. The van der Waals surface area contributed by atoms with Crippen molar-refractivity contribution in [3.05, 3.63) is 202 Å². The molecule has 9 aromatic rings. The standard InChI is InChI=1S/C78H88BN3S/c1-72(2,3)50-25-33-55(34-26-50)80(56-35-27-51(28-36-56)73(4,5)6)58-45-66-69-67(46-58)82(64-39-31-53(75(10,11)12)43-59(64)49-23-21-20-22-24-49)65-48-62-61(77(16,17)41-42-78(62,18)19)47-63(65)79(69)71-70(60-44-54(76(13,14)15)32-40-68(60)83-71)81(66)57-37-29-52(30-38-57)74(7,8)9/h20-40,43-48H,41-42H2,1-19H3/i20D,21D,22D,23D,24D,25D,26D,27D,28D,29D,30D,31D,32D,33D,34D,35D,36D,37D,38D,39D,40D,43D,44D,45D,46D,47D,48D. The topological polar surface area (TPSA) is 9.72 Å². The van der Waals surface area contributed by atoms with Crippen molar-refractivity contribution in [1.82, 2.24) is 0 Å². The van der Waals surface area contributed by atoms with Gasteiger partial charge in [-0.1, -0.05) is 216 Å². The van der Waals surface area contributed by atoms with Gasteiger partial charge in [-0.25, -0.2) is 0 Å². The summed E-state index contributed by atoms with van der Waals surface area (Å²) in [7, 11) is 0. The maximum absolute atomic E-state index is 11.7. The van der Waals surface area contributed by atoms with Gasteiger partial charge in [0.25, 0.3) is 6.71 Å². The lowest BCUT2D eigenvalue weighted by Gasteiger charge is -2.47. The zero-order valence-corrected chi connectivity index (χ0v) is 52.1.